The van der Waals surface area contributed by atoms with Crippen molar-refractivity contribution in [2.75, 3.05) is 40.5 Å². The Labute approximate surface area is 118 Å². The second-order valence-corrected chi connectivity index (χ2v) is 4.28. The molecule has 0 bridgehead atoms. The predicted octanol–water partition coefficient (Wildman–Crippen LogP) is 1.31. The fraction of sp³-hybridized carbons (Fsp3) is 0.462. The van der Waals surface area contributed by atoms with Crippen molar-refractivity contribution in [3.8, 4) is 5.75 Å². The van der Waals surface area contributed by atoms with E-state index in [2.05, 4.69) is 10.6 Å². The number of carbonyl (C=O) groups excluding carboxylic acids is 1. The third kappa shape index (κ3) is 5.46. The highest BCUT2D eigenvalue weighted by Crippen LogP contribution is 2.22. The lowest BCUT2D eigenvalue weighted by Gasteiger charge is -2.10. The highest BCUT2D eigenvalue weighted by Gasteiger charge is 2.11. The summed E-state index contributed by atoms with van der Waals surface area (Å²) in [6, 6.07) is 4.95. The summed E-state index contributed by atoms with van der Waals surface area (Å²) in [7, 11) is 3.17. The molecule has 19 heavy (non-hydrogen) atoms. The molecule has 0 fully saturated rings. The molecule has 0 aliphatic carbocycles. The van der Waals surface area contributed by atoms with E-state index < -0.39 is 0 Å². The van der Waals surface area contributed by atoms with Crippen LogP contribution in [0.25, 0.3) is 0 Å². The second kappa shape index (κ2) is 8.74. The molecular weight excluding hydrogens is 268 g/mol. The first-order chi connectivity index (χ1) is 9.19. The van der Waals surface area contributed by atoms with Gasteiger partial charge in [-0.25, -0.2) is 0 Å². The van der Waals surface area contributed by atoms with E-state index in [-0.39, 0.29) is 5.91 Å². The number of hydrogen-bond donors (Lipinski definition) is 2. The number of amides is 1. The lowest BCUT2D eigenvalue weighted by molar-refractivity contribution is 0.0950. The lowest BCUT2D eigenvalue weighted by atomic mass is 10.2. The van der Waals surface area contributed by atoms with Crippen LogP contribution >= 0.6 is 11.6 Å². The van der Waals surface area contributed by atoms with E-state index in [1.807, 2.05) is 0 Å². The highest BCUT2D eigenvalue weighted by atomic mass is 35.5. The molecule has 0 spiro atoms. The Hall–Kier alpha value is -1.30. The molecule has 106 valence electrons. The molecule has 1 amide bonds. The summed E-state index contributed by atoms with van der Waals surface area (Å²) in [5.74, 6) is 0.308. The van der Waals surface area contributed by atoms with Crippen molar-refractivity contribution in [1.82, 2.24) is 10.6 Å². The van der Waals surface area contributed by atoms with Crippen LogP contribution in [-0.2, 0) is 4.74 Å². The third-order valence-corrected chi connectivity index (χ3v) is 2.71. The maximum Gasteiger partial charge on any atom is 0.255 e. The van der Waals surface area contributed by atoms with Crippen LogP contribution in [0.15, 0.2) is 18.2 Å². The number of nitrogens with one attached hydrogen (secondary N) is 2. The number of methoxy groups -OCH3 is 2. The lowest BCUT2D eigenvalue weighted by Crippen LogP contribution is -2.33. The highest BCUT2D eigenvalue weighted by molar-refractivity contribution is 6.31. The molecule has 5 nitrogen and oxygen atoms in total. The fourth-order valence-electron chi connectivity index (χ4n) is 1.52. The topological polar surface area (TPSA) is 59.6 Å². The Morgan fingerprint density at radius 3 is 2.74 bits per heavy atom. The summed E-state index contributed by atoms with van der Waals surface area (Å²) in [6.07, 6.45) is 0. The molecule has 0 atom stereocenters. The van der Waals surface area contributed by atoms with Gasteiger partial charge in [0, 0.05) is 31.8 Å². The minimum Gasteiger partial charge on any atom is -0.496 e. The molecule has 6 heteroatoms. The smallest absolute Gasteiger partial charge is 0.255 e. The van der Waals surface area contributed by atoms with Gasteiger partial charge in [-0.2, -0.15) is 0 Å². The van der Waals surface area contributed by atoms with Crippen molar-refractivity contribution < 1.29 is 14.3 Å². The van der Waals surface area contributed by atoms with Gasteiger partial charge in [0.15, 0.2) is 0 Å². The van der Waals surface area contributed by atoms with E-state index in [4.69, 9.17) is 21.1 Å². The van der Waals surface area contributed by atoms with Crippen LogP contribution in [0.1, 0.15) is 10.4 Å². The average Bonchev–Trinajstić information content (AvgIpc) is 2.42. The van der Waals surface area contributed by atoms with Crippen molar-refractivity contribution in [2.45, 2.75) is 0 Å². The zero-order valence-electron chi connectivity index (χ0n) is 11.2. The molecule has 1 aromatic carbocycles. The fourth-order valence-corrected chi connectivity index (χ4v) is 1.69. The zero-order valence-corrected chi connectivity index (χ0v) is 11.9. The molecule has 2 N–H and O–H groups in total. The number of hydrogen-bond acceptors (Lipinski definition) is 4. The van der Waals surface area contributed by atoms with Crippen molar-refractivity contribution in [1.29, 1.82) is 0 Å². The zero-order chi connectivity index (χ0) is 14.1. The van der Waals surface area contributed by atoms with E-state index in [0.717, 1.165) is 6.54 Å². The number of rotatable bonds is 8. The van der Waals surface area contributed by atoms with Gasteiger partial charge in [0.2, 0.25) is 0 Å². The summed E-state index contributed by atoms with van der Waals surface area (Å²) in [5.41, 5.74) is 0.437. The molecule has 0 aliphatic heterocycles. The van der Waals surface area contributed by atoms with Crippen molar-refractivity contribution in [3.05, 3.63) is 28.8 Å². The molecule has 0 aliphatic rings. The SMILES string of the molecule is COCCNCCNC(=O)c1cc(Cl)ccc1OC. The molecule has 1 aromatic rings. The molecule has 0 unspecified atom stereocenters. The second-order valence-electron chi connectivity index (χ2n) is 3.84. The van der Waals surface area contributed by atoms with Crippen molar-refractivity contribution in [3.63, 3.8) is 0 Å². The third-order valence-electron chi connectivity index (χ3n) is 2.48. The van der Waals surface area contributed by atoms with Gasteiger partial charge in [0.1, 0.15) is 5.75 Å². The molecule has 0 saturated carbocycles. The number of carbonyl (C=O) groups is 1. The van der Waals surface area contributed by atoms with Crippen LogP contribution < -0.4 is 15.4 Å². The van der Waals surface area contributed by atoms with Crippen LogP contribution in [0.3, 0.4) is 0 Å². The van der Waals surface area contributed by atoms with Crippen LogP contribution in [0, 0.1) is 0 Å². The Morgan fingerprint density at radius 1 is 1.26 bits per heavy atom. The van der Waals surface area contributed by atoms with E-state index in [1.54, 1.807) is 25.3 Å². The van der Waals surface area contributed by atoms with Crippen LogP contribution in [0.5, 0.6) is 5.75 Å². The first-order valence-corrected chi connectivity index (χ1v) is 6.38. The van der Waals surface area contributed by atoms with Crippen molar-refractivity contribution in [2.24, 2.45) is 0 Å². The van der Waals surface area contributed by atoms with E-state index >= 15 is 0 Å². The minimum absolute atomic E-state index is 0.201. The molecule has 0 aromatic heterocycles. The Morgan fingerprint density at radius 2 is 2.05 bits per heavy atom. The van der Waals surface area contributed by atoms with Gasteiger partial charge in [-0.1, -0.05) is 11.6 Å². The number of ether oxygens (including phenoxy) is 2. The van der Waals surface area contributed by atoms with E-state index in [1.165, 1.54) is 7.11 Å². The molecule has 0 radical (unpaired) electrons. The van der Waals surface area contributed by atoms with Crippen molar-refractivity contribution >= 4 is 17.5 Å². The van der Waals surface area contributed by atoms with E-state index in [9.17, 15) is 4.79 Å². The average molecular weight is 287 g/mol. The normalized spacial score (nSPS) is 10.3. The standard InChI is InChI=1S/C13H19ClN2O3/c1-18-8-7-15-5-6-16-13(17)11-9-10(14)3-4-12(11)19-2/h3-4,9,15H,5-8H2,1-2H3,(H,16,17). The van der Waals surface area contributed by atoms with Gasteiger partial charge < -0.3 is 20.1 Å². The summed E-state index contributed by atoms with van der Waals surface area (Å²) >= 11 is 5.87. The molecule has 0 heterocycles. The first-order valence-electron chi connectivity index (χ1n) is 6.00. The maximum atomic E-state index is 12.0. The number of halogens is 1. The summed E-state index contributed by atoms with van der Waals surface area (Å²) in [5, 5.41) is 6.44. The van der Waals surface area contributed by atoms with Gasteiger partial charge in [0.25, 0.3) is 5.91 Å². The Bertz CT molecular complexity index is 413. The molecule has 1 rings (SSSR count). The van der Waals surface area contributed by atoms with Gasteiger partial charge in [-0.05, 0) is 18.2 Å². The van der Waals surface area contributed by atoms with Gasteiger partial charge in [-0.15, -0.1) is 0 Å². The monoisotopic (exact) mass is 286 g/mol. The largest absolute Gasteiger partial charge is 0.496 e. The van der Waals surface area contributed by atoms with Gasteiger partial charge >= 0.3 is 0 Å². The maximum absolute atomic E-state index is 12.0. The predicted molar refractivity (Wildman–Crippen MR) is 75.1 cm³/mol. The Kier molecular flexibility index (Phi) is 7.25. The van der Waals surface area contributed by atoms with Gasteiger partial charge in [-0.3, -0.25) is 4.79 Å². The minimum atomic E-state index is -0.201. The number of benzene rings is 1. The van der Waals surface area contributed by atoms with Gasteiger partial charge in [0.05, 0.1) is 19.3 Å². The van der Waals surface area contributed by atoms with Crippen LogP contribution in [0.2, 0.25) is 5.02 Å². The van der Waals surface area contributed by atoms with Crippen LogP contribution in [0.4, 0.5) is 0 Å². The summed E-state index contributed by atoms with van der Waals surface area (Å²) in [6.45, 7) is 2.61. The first kappa shape index (κ1) is 15.8. The Balaban J connectivity index is 2.43. The summed E-state index contributed by atoms with van der Waals surface area (Å²) < 4.78 is 10.0. The molecule has 0 saturated heterocycles. The molecular formula is C13H19ClN2O3. The van der Waals surface area contributed by atoms with Crippen LogP contribution in [-0.4, -0.2) is 46.4 Å². The quantitative estimate of drug-likeness (QED) is 0.708. The summed E-state index contributed by atoms with van der Waals surface area (Å²) in [4.78, 5) is 12.0. The van der Waals surface area contributed by atoms with E-state index in [0.29, 0.717) is 36.0 Å².